The van der Waals surface area contributed by atoms with Gasteiger partial charge in [-0.3, -0.25) is 0 Å². The van der Waals surface area contributed by atoms with Crippen molar-refractivity contribution in [3.8, 4) is 0 Å². The summed E-state index contributed by atoms with van der Waals surface area (Å²) in [4.78, 5) is 2.46. The summed E-state index contributed by atoms with van der Waals surface area (Å²) < 4.78 is 5.15. The molecule has 1 aliphatic rings. The number of ether oxygens (including phenoxy) is 1. The maximum Gasteiger partial charge on any atom is 0.0589 e. The lowest BCUT2D eigenvalue weighted by atomic mass is 10.0. The first kappa shape index (κ1) is 12.4. The molecule has 94 valence electrons. The summed E-state index contributed by atoms with van der Waals surface area (Å²) in [6.45, 7) is 7.31. The average molecular weight is 234 g/mol. The lowest BCUT2D eigenvalue weighted by Gasteiger charge is -2.23. The van der Waals surface area contributed by atoms with Crippen molar-refractivity contribution in [2.45, 2.75) is 12.8 Å². The topological polar surface area (TPSA) is 24.5 Å². The average Bonchev–Trinajstić information content (AvgIpc) is 2.78. The van der Waals surface area contributed by atoms with Gasteiger partial charge >= 0.3 is 0 Å². The lowest BCUT2D eigenvalue weighted by molar-refractivity contribution is 0.148. The van der Waals surface area contributed by atoms with E-state index >= 15 is 0 Å². The van der Waals surface area contributed by atoms with Crippen LogP contribution in [0.1, 0.15) is 18.4 Å². The molecule has 3 heteroatoms. The third-order valence-corrected chi connectivity index (χ3v) is 3.48. The van der Waals surface area contributed by atoms with Crippen molar-refractivity contribution in [3.05, 3.63) is 29.8 Å². The zero-order valence-corrected chi connectivity index (χ0v) is 10.8. The maximum absolute atomic E-state index is 5.15. The molecule has 0 bridgehead atoms. The summed E-state index contributed by atoms with van der Waals surface area (Å²) in [5.74, 6) is 0.614. The number of benzene rings is 1. The van der Waals surface area contributed by atoms with Crippen LogP contribution in [0.2, 0.25) is 0 Å². The van der Waals surface area contributed by atoms with E-state index in [1.807, 2.05) is 0 Å². The molecule has 0 radical (unpaired) electrons. The molecule has 0 saturated heterocycles. The van der Waals surface area contributed by atoms with Gasteiger partial charge in [-0.2, -0.15) is 0 Å². The molecular weight excluding hydrogens is 212 g/mol. The predicted octanol–water partition coefficient (Wildman–Crippen LogP) is 2.16. The Hall–Kier alpha value is -1.06. The third kappa shape index (κ3) is 2.99. The van der Waals surface area contributed by atoms with E-state index in [1.165, 1.54) is 11.3 Å². The Bertz CT molecular complexity index is 354. The second kappa shape index (κ2) is 6.03. The highest BCUT2D eigenvalue weighted by atomic mass is 16.5. The van der Waals surface area contributed by atoms with E-state index in [1.54, 1.807) is 7.11 Å². The molecule has 1 aliphatic heterocycles. The Kier molecular flexibility index (Phi) is 4.40. The highest BCUT2D eigenvalue weighted by molar-refractivity contribution is 5.57. The highest BCUT2D eigenvalue weighted by Gasteiger charge is 2.23. The summed E-state index contributed by atoms with van der Waals surface area (Å²) in [6, 6.07) is 8.63. The van der Waals surface area contributed by atoms with Crippen molar-refractivity contribution in [3.63, 3.8) is 0 Å². The van der Waals surface area contributed by atoms with Gasteiger partial charge in [0.05, 0.1) is 6.61 Å². The Labute approximate surface area is 104 Å². The molecule has 1 unspecified atom stereocenters. The molecule has 1 N–H and O–H groups in total. The number of nitrogens with zero attached hydrogens (tertiary/aromatic N) is 1. The number of fused-ring (bicyclic) bond motifs is 1. The van der Waals surface area contributed by atoms with Crippen molar-refractivity contribution < 1.29 is 4.74 Å². The standard InChI is InChI=1S/C14H22N2O/c1-3-16(8-9-17-2)11-12-10-15-14-7-5-4-6-13(12)14/h4-7,12,15H,3,8-11H2,1-2H3. The first-order chi connectivity index (χ1) is 8.35. The number of para-hydroxylation sites is 1. The molecular formula is C14H22N2O. The zero-order chi connectivity index (χ0) is 12.1. The Morgan fingerprint density at radius 1 is 1.41 bits per heavy atom. The second-order valence-electron chi connectivity index (χ2n) is 4.55. The third-order valence-electron chi connectivity index (χ3n) is 3.48. The molecule has 1 aromatic carbocycles. The summed E-state index contributed by atoms with van der Waals surface area (Å²) in [5, 5.41) is 3.48. The monoisotopic (exact) mass is 234 g/mol. The molecule has 0 saturated carbocycles. The number of likely N-dealkylation sites (N-methyl/N-ethyl adjacent to an activating group) is 1. The van der Waals surface area contributed by atoms with Crippen LogP contribution >= 0.6 is 0 Å². The van der Waals surface area contributed by atoms with Crippen molar-refractivity contribution >= 4 is 5.69 Å². The van der Waals surface area contributed by atoms with Gasteiger partial charge in [0, 0.05) is 38.3 Å². The van der Waals surface area contributed by atoms with Gasteiger partial charge in [0.25, 0.3) is 0 Å². The molecule has 0 aromatic heterocycles. The van der Waals surface area contributed by atoms with E-state index in [0.29, 0.717) is 5.92 Å². The minimum atomic E-state index is 0.614. The summed E-state index contributed by atoms with van der Waals surface area (Å²) in [6.07, 6.45) is 0. The molecule has 2 rings (SSSR count). The Morgan fingerprint density at radius 2 is 2.24 bits per heavy atom. The molecule has 17 heavy (non-hydrogen) atoms. The van der Waals surface area contributed by atoms with E-state index in [4.69, 9.17) is 4.74 Å². The van der Waals surface area contributed by atoms with Crippen LogP contribution < -0.4 is 5.32 Å². The number of nitrogens with one attached hydrogen (secondary N) is 1. The molecule has 1 atom stereocenters. The normalized spacial score (nSPS) is 18.2. The van der Waals surface area contributed by atoms with Crippen LogP contribution in [0.25, 0.3) is 0 Å². The molecule has 1 heterocycles. The van der Waals surface area contributed by atoms with Crippen LogP contribution in [-0.2, 0) is 4.74 Å². The SMILES string of the molecule is CCN(CCOC)CC1CNc2ccccc21. The zero-order valence-electron chi connectivity index (χ0n) is 10.8. The van der Waals surface area contributed by atoms with Gasteiger partial charge in [0.15, 0.2) is 0 Å². The van der Waals surface area contributed by atoms with Crippen LogP contribution in [-0.4, -0.2) is 44.8 Å². The van der Waals surface area contributed by atoms with E-state index in [-0.39, 0.29) is 0 Å². The second-order valence-corrected chi connectivity index (χ2v) is 4.55. The van der Waals surface area contributed by atoms with Gasteiger partial charge in [-0.1, -0.05) is 25.1 Å². The molecule has 1 aromatic rings. The lowest BCUT2D eigenvalue weighted by Crippen LogP contribution is -2.32. The van der Waals surface area contributed by atoms with Gasteiger partial charge < -0.3 is 15.0 Å². The van der Waals surface area contributed by atoms with Crippen LogP contribution in [0.15, 0.2) is 24.3 Å². The number of rotatable bonds is 6. The maximum atomic E-state index is 5.15. The molecule has 3 nitrogen and oxygen atoms in total. The van der Waals surface area contributed by atoms with Crippen molar-refractivity contribution in [2.75, 3.05) is 45.2 Å². The van der Waals surface area contributed by atoms with Crippen LogP contribution in [0.4, 0.5) is 5.69 Å². The molecule has 0 fully saturated rings. The van der Waals surface area contributed by atoms with Gasteiger partial charge in [0.1, 0.15) is 0 Å². The van der Waals surface area contributed by atoms with Crippen LogP contribution in [0.3, 0.4) is 0 Å². The first-order valence-corrected chi connectivity index (χ1v) is 6.39. The minimum Gasteiger partial charge on any atom is -0.384 e. The Balaban J connectivity index is 1.95. The molecule has 0 amide bonds. The number of hydrogen-bond acceptors (Lipinski definition) is 3. The molecule has 0 spiro atoms. The van der Waals surface area contributed by atoms with E-state index in [0.717, 1.165) is 32.8 Å². The number of hydrogen-bond donors (Lipinski definition) is 1. The largest absolute Gasteiger partial charge is 0.384 e. The summed E-state index contributed by atoms with van der Waals surface area (Å²) in [7, 11) is 1.76. The molecule has 0 aliphatic carbocycles. The first-order valence-electron chi connectivity index (χ1n) is 6.39. The van der Waals surface area contributed by atoms with E-state index in [9.17, 15) is 0 Å². The van der Waals surface area contributed by atoms with Gasteiger partial charge in [-0.15, -0.1) is 0 Å². The minimum absolute atomic E-state index is 0.614. The predicted molar refractivity (Wildman–Crippen MR) is 71.7 cm³/mol. The van der Waals surface area contributed by atoms with Gasteiger partial charge in [0.2, 0.25) is 0 Å². The van der Waals surface area contributed by atoms with Crippen molar-refractivity contribution in [1.29, 1.82) is 0 Å². The van der Waals surface area contributed by atoms with Gasteiger partial charge in [-0.05, 0) is 18.2 Å². The fourth-order valence-corrected chi connectivity index (χ4v) is 2.43. The van der Waals surface area contributed by atoms with Crippen molar-refractivity contribution in [2.24, 2.45) is 0 Å². The van der Waals surface area contributed by atoms with Crippen molar-refractivity contribution in [1.82, 2.24) is 4.90 Å². The fourth-order valence-electron chi connectivity index (χ4n) is 2.43. The number of methoxy groups -OCH3 is 1. The van der Waals surface area contributed by atoms with Gasteiger partial charge in [-0.25, -0.2) is 0 Å². The quantitative estimate of drug-likeness (QED) is 0.816. The summed E-state index contributed by atoms with van der Waals surface area (Å²) in [5.41, 5.74) is 2.77. The van der Waals surface area contributed by atoms with Crippen LogP contribution in [0.5, 0.6) is 0 Å². The Morgan fingerprint density at radius 3 is 3.00 bits per heavy atom. The highest BCUT2D eigenvalue weighted by Crippen LogP contribution is 2.31. The number of anilines is 1. The summed E-state index contributed by atoms with van der Waals surface area (Å²) >= 11 is 0. The van der Waals surface area contributed by atoms with Crippen LogP contribution in [0, 0.1) is 0 Å². The van der Waals surface area contributed by atoms with E-state index in [2.05, 4.69) is 41.4 Å². The van der Waals surface area contributed by atoms with E-state index < -0.39 is 0 Å². The smallest absolute Gasteiger partial charge is 0.0589 e. The fraction of sp³-hybridized carbons (Fsp3) is 0.571.